The quantitative estimate of drug-likeness (QED) is 0.521. The van der Waals surface area contributed by atoms with E-state index in [9.17, 15) is 13.2 Å². The van der Waals surface area contributed by atoms with E-state index in [-0.39, 0.29) is 16.9 Å². The Kier molecular flexibility index (Phi) is 6.53. The number of piperidine rings is 1. The van der Waals surface area contributed by atoms with Crippen LogP contribution < -0.4 is 4.74 Å². The van der Waals surface area contributed by atoms with E-state index in [0.717, 1.165) is 24.2 Å². The lowest BCUT2D eigenvalue weighted by atomic mass is 10.0. The van der Waals surface area contributed by atoms with E-state index in [0.29, 0.717) is 29.2 Å². The molecular formula is C25H24ClNO4S. The predicted molar refractivity (Wildman–Crippen MR) is 126 cm³/mol. The molecule has 1 aliphatic heterocycles. The number of amides is 1. The monoisotopic (exact) mass is 469 g/mol. The van der Waals surface area contributed by atoms with Gasteiger partial charge in [0, 0.05) is 48.3 Å². The fourth-order valence-corrected chi connectivity index (χ4v) is 4.92. The van der Waals surface area contributed by atoms with E-state index < -0.39 is 9.84 Å². The average molecular weight is 470 g/mol. The molecule has 0 N–H and O–H groups in total. The van der Waals surface area contributed by atoms with Crippen LogP contribution in [-0.2, 0) is 9.84 Å². The van der Waals surface area contributed by atoms with Gasteiger partial charge in [-0.25, -0.2) is 8.42 Å². The summed E-state index contributed by atoms with van der Waals surface area (Å²) in [5, 5.41) is 0.670. The molecule has 1 heterocycles. The van der Waals surface area contributed by atoms with Gasteiger partial charge >= 0.3 is 0 Å². The van der Waals surface area contributed by atoms with Gasteiger partial charge in [0.1, 0.15) is 11.9 Å². The van der Waals surface area contributed by atoms with Gasteiger partial charge in [0.15, 0.2) is 9.84 Å². The summed E-state index contributed by atoms with van der Waals surface area (Å²) in [4.78, 5) is 15.1. The van der Waals surface area contributed by atoms with E-state index >= 15 is 0 Å². The smallest absolute Gasteiger partial charge is 0.253 e. The number of carbonyl (C=O) groups is 1. The number of sulfone groups is 1. The van der Waals surface area contributed by atoms with Crippen molar-refractivity contribution < 1.29 is 17.9 Å². The van der Waals surface area contributed by atoms with E-state index in [1.807, 2.05) is 17.0 Å². The molecule has 0 unspecified atom stereocenters. The summed E-state index contributed by atoms with van der Waals surface area (Å²) < 4.78 is 30.2. The summed E-state index contributed by atoms with van der Waals surface area (Å²) >= 11 is 5.91. The molecule has 1 saturated heterocycles. The number of benzene rings is 3. The highest BCUT2D eigenvalue weighted by Crippen LogP contribution is 2.28. The SMILES string of the molecule is CS(=O)(=O)c1ccccc1-c1ccc(C(=O)N2CCC(Oc3ccc(Cl)cc3)CC2)cc1. The topological polar surface area (TPSA) is 63.7 Å². The zero-order valence-corrected chi connectivity index (χ0v) is 19.3. The molecule has 7 heteroatoms. The Labute approximate surface area is 193 Å². The van der Waals surface area contributed by atoms with Gasteiger partial charge in [0.05, 0.1) is 4.90 Å². The van der Waals surface area contributed by atoms with E-state index in [1.165, 1.54) is 6.26 Å². The van der Waals surface area contributed by atoms with Crippen LogP contribution in [0.25, 0.3) is 11.1 Å². The number of likely N-dealkylation sites (tertiary alicyclic amines) is 1. The summed E-state index contributed by atoms with van der Waals surface area (Å²) in [6.07, 6.45) is 2.78. The minimum absolute atomic E-state index is 0.0297. The highest BCUT2D eigenvalue weighted by molar-refractivity contribution is 7.90. The van der Waals surface area contributed by atoms with Gasteiger partial charge in [0.25, 0.3) is 5.91 Å². The van der Waals surface area contributed by atoms with Crippen molar-refractivity contribution in [2.75, 3.05) is 19.3 Å². The molecule has 1 fully saturated rings. The van der Waals surface area contributed by atoms with Gasteiger partial charge in [-0.2, -0.15) is 0 Å². The number of hydrogen-bond acceptors (Lipinski definition) is 4. The molecule has 0 aromatic heterocycles. The number of nitrogens with zero attached hydrogens (tertiary/aromatic N) is 1. The first-order valence-electron chi connectivity index (χ1n) is 10.4. The molecule has 0 aliphatic carbocycles. The fraction of sp³-hybridized carbons (Fsp3) is 0.240. The zero-order chi connectivity index (χ0) is 22.7. The molecule has 166 valence electrons. The lowest BCUT2D eigenvalue weighted by molar-refractivity contribution is 0.0595. The van der Waals surface area contributed by atoms with Crippen LogP contribution in [-0.4, -0.2) is 44.7 Å². The molecule has 3 aromatic carbocycles. The van der Waals surface area contributed by atoms with Gasteiger partial charge in [-0.05, 0) is 48.0 Å². The molecule has 1 aliphatic rings. The Morgan fingerprint density at radius 3 is 2.19 bits per heavy atom. The molecule has 5 nitrogen and oxygen atoms in total. The summed E-state index contributed by atoms with van der Waals surface area (Å²) in [5.74, 6) is 0.752. The number of hydrogen-bond donors (Lipinski definition) is 0. The van der Waals surface area contributed by atoms with Crippen LogP contribution >= 0.6 is 11.6 Å². The second-order valence-corrected chi connectivity index (χ2v) is 10.3. The normalized spacial score (nSPS) is 14.9. The minimum Gasteiger partial charge on any atom is -0.490 e. The predicted octanol–water partition coefficient (Wildman–Crippen LogP) is 5.09. The Hall–Kier alpha value is -2.83. The summed E-state index contributed by atoms with van der Waals surface area (Å²) in [5.41, 5.74) is 1.98. The third-order valence-electron chi connectivity index (χ3n) is 5.57. The molecule has 32 heavy (non-hydrogen) atoms. The van der Waals surface area contributed by atoms with Gasteiger partial charge in [-0.1, -0.05) is 41.9 Å². The second kappa shape index (κ2) is 9.35. The highest BCUT2D eigenvalue weighted by atomic mass is 35.5. The van der Waals surface area contributed by atoms with Crippen molar-refractivity contribution in [2.45, 2.75) is 23.8 Å². The van der Waals surface area contributed by atoms with E-state index in [1.54, 1.807) is 60.7 Å². The lowest BCUT2D eigenvalue weighted by Crippen LogP contribution is -2.41. The number of carbonyl (C=O) groups excluding carboxylic acids is 1. The standard InChI is InChI=1S/C25H24ClNO4S/c1-32(29,30)24-5-3-2-4-23(24)18-6-8-19(9-7-18)25(28)27-16-14-22(15-17-27)31-21-12-10-20(26)11-13-21/h2-13,22H,14-17H2,1H3. The van der Waals surface area contributed by atoms with Crippen LogP contribution in [0.1, 0.15) is 23.2 Å². The van der Waals surface area contributed by atoms with Crippen molar-refractivity contribution in [3.8, 4) is 16.9 Å². The van der Waals surface area contributed by atoms with Crippen LogP contribution in [0.4, 0.5) is 0 Å². The first kappa shape index (κ1) is 22.4. The maximum atomic E-state index is 13.0. The van der Waals surface area contributed by atoms with Gasteiger partial charge in [-0.3, -0.25) is 4.79 Å². The van der Waals surface area contributed by atoms with Crippen molar-refractivity contribution in [1.82, 2.24) is 4.90 Å². The molecule has 0 radical (unpaired) electrons. The van der Waals surface area contributed by atoms with E-state index in [2.05, 4.69) is 0 Å². The second-order valence-electron chi connectivity index (χ2n) is 7.91. The largest absolute Gasteiger partial charge is 0.490 e. The van der Waals surface area contributed by atoms with Gasteiger partial charge < -0.3 is 9.64 Å². The third kappa shape index (κ3) is 5.14. The molecule has 0 saturated carbocycles. The number of halogens is 1. The minimum atomic E-state index is -3.35. The Morgan fingerprint density at radius 2 is 1.56 bits per heavy atom. The maximum Gasteiger partial charge on any atom is 0.253 e. The Bertz CT molecular complexity index is 1200. The van der Waals surface area contributed by atoms with Crippen LogP contribution in [0.15, 0.2) is 77.7 Å². The molecule has 3 aromatic rings. The summed E-state index contributed by atoms with van der Waals surface area (Å²) in [6, 6.07) is 21.3. The fourth-order valence-electron chi connectivity index (χ4n) is 3.89. The van der Waals surface area contributed by atoms with Crippen molar-refractivity contribution in [1.29, 1.82) is 0 Å². The molecule has 0 spiro atoms. The van der Waals surface area contributed by atoms with Gasteiger partial charge in [-0.15, -0.1) is 0 Å². The van der Waals surface area contributed by atoms with Crippen LogP contribution in [0.2, 0.25) is 5.02 Å². The molecule has 0 bridgehead atoms. The third-order valence-corrected chi connectivity index (χ3v) is 6.98. The maximum absolute atomic E-state index is 13.0. The average Bonchev–Trinajstić information content (AvgIpc) is 2.80. The van der Waals surface area contributed by atoms with Gasteiger partial charge in [0.2, 0.25) is 0 Å². The molecule has 0 atom stereocenters. The van der Waals surface area contributed by atoms with Crippen LogP contribution in [0.3, 0.4) is 0 Å². The number of ether oxygens (including phenoxy) is 1. The zero-order valence-electron chi connectivity index (χ0n) is 17.7. The van der Waals surface area contributed by atoms with E-state index in [4.69, 9.17) is 16.3 Å². The summed E-state index contributed by atoms with van der Waals surface area (Å²) in [6.45, 7) is 1.24. The van der Waals surface area contributed by atoms with Crippen molar-refractivity contribution in [2.24, 2.45) is 0 Å². The van der Waals surface area contributed by atoms with Crippen molar-refractivity contribution in [3.05, 3.63) is 83.4 Å². The van der Waals surface area contributed by atoms with Crippen LogP contribution in [0.5, 0.6) is 5.75 Å². The lowest BCUT2D eigenvalue weighted by Gasteiger charge is -2.32. The molecule has 1 amide bonds. The number of rotatable bonds is 5. The van der Waals surface area contributed by atoms with Crippen LogP contribution in [0, 0.1) is 0 Å². The first-order valence-corrected chi connectivity index (χ1v) is 12.7. The highest BCUT2D eigenvalue weighted by Gasteiger charge is 2.25. The van der Waals surface area contributed by atoms with Crippen molar-refractivity contribution in [3.63, 3.8) is 0 Å². The Morgan fingerprint density at radius 1 is 0.938 bits per heavy atom. The molecule has 4 rings (SSSR count). The Balaban J connectivity index is 1.40. The molecular weight excluding hydrogens is 446 g/mol. The van der Waals surface area contributed by atoms with Crippen molar-refractivity contribution >= 4 is 27.3 Å². The first-order chi connectivity index (χ1) is 15.3. The summed E-state index contributed by atoms with van der Waals surface area (Å²) in [7, 11) is -3.35.